The van der Waals surface area contributed by atoms with Crippen molar-refractivity contribution in [1.29, 1.82) is 0 Å². The zero-order chi connectivity index (χ0) is 36.3. The molecule has 3 heteroatoms. The SMILES string of the molecule is c1ccc(N(c2ccc(-c3ccc4c(c3)c3ccccc3n4-c3cccc(-c4ccc5c(c4)sc4ccccc45)c3)cc2)c2cccc3ccccc23)cc1. The van der Waals surface area contributed by atoms with Gasteiger partial charge in [0.1, 0.15) is 0 Å². The van der Waals surface area contributed by atoms with Crippen molar-refractivity contribution in [3.63, 3.8) is 0 Å². The number of aromatic nitrogens is 1. The van der Waals surface area contributed by atoms with E-state index >= 15 is 0 Å². The highest BCUT2D eigenvalue weighted by Gasteiger charge is 2.17. The molecule has 0 radical (unpaired) electrons. The second kappa shape index (κ2) is 12.9. The van der Waals surface area contributed by atoms with Gasteiger partial charge in [-0.2, -0.15) is 0 Å². The van der Waals surface area contributed by atoms with Gasteiger partial charge in [0.05, 0.1) is 16.7 Å². The van der Waals surface area contributed by atoms with Crippen molar-refractivity contribution in [2.24, 2.45) is 0 Å². The van der Waals surface area contributed by atoms with E-state index in [4.69, 9.17) is 0 Å². The van der Waals surface area contributed by atoms with Gasteiger partial charge in [-0.3, -0.25) is 0 Å². The lowest BCUT2D eigenvalue weighted by Gasteiger charge is -2.27. The lowest BCUT2D eigenvalue weighted by atomic mass is 10.0. The molecular weight excluding hydrogens is 685 g/mol. The van der Waals surface area contributed by atoms with E-state index in [9.17, 15) is 0 Å². The first-order valence-electron chi connectivity index (χ1n) is 18.8. The Morgan fingerprint density at radius 2 is 0.964 bits per heavy atom. The minimum Gasteiger partial charge on any atom is -0.310 e. The standard InChI is InChI=1S/C52H34N2S/c1-2-15-40(16-3-1)53(48-22-11-13-36-12-4-5-18-43(36)48)41-28-24-35(25-29-41)38-27-31-50-47(33-38)44-19-6-8-21-49(44)54(50)42-17-10-14-37(32-42)39-26-30-46-45-20-7-9-23-51(45)55-52(46)34-39/h1-34H. The molecule has 0 saturated heterocycles. The molecule has 0 atom stereocenters. The van der Waals surface area contributed by atoms with Gasteiger partial charge in [0.2, 0.25) is 0 Å². The van der Waals surface area contributed by atoms with Crippen LogP contribution in [0.1, 0.15) is 0 Å². The largest absolute Gasteiger partial charge is 0.310 e. The molecule has 2 nitrogen and oxygen atoms in total. The fourth-order valence-corrected chi connectivity index (χ4v) is 9.52. The highest BCUT2D eigenvalue weighted by molar-refractivity contribution is 7.25. The third-order valence-electron chi connectivity index (χ3n) is 11.0. The van der Waals surface area contributed by atoms with Gasteiger partial charge in [-0.15, -0.1) is 11.3 Å². The summed E-state index contributed by atoms with van der Waals surface area (Å²) in [6.45, 7) is 0. The van der Waals surface area contributed by atoms with Crippen LogP contribution in [0.4, 0.5) is 17.1 Å². The second-order valence-corrected chi connectivity index (χ2v) is 15.2. The molecule has 0 aliphatic rings. The molecule has 258 valence electrons. The Bertz CT molecular complexity index is 3200. The van der Waals surface area contributed by atoms with E-state index in [1.54, 1.807) is 0 Å². The number of para-hydroxylation sites is 2. The van der Waals surface area contributed by atoms with E-state index in [1.807, 2.05) is 11.3 Å². The number of thiophene rings is 1. The molecule has 2 heterocycles. The van der Waals surface area contributed by atoms with Crippen LogP contribution in [0.15, 0.2) is 206 Å². The maximum Gasteiger partial charge on any atom is 0.0541 e. The van der Waals surface area contributed by atoms with Crippen LogP contribution in [0.5, 0.6) is 0 Å². The van der Waals surface area contributed by atoms with Gasteiger partial charge in [-0.25, -0.2) is 0 Å². The molecule has 2 aromatic heterocycles. The summed E-state index contributed by atoms with van der Waals surface area (Å²) in [6, 6.07) is 75.1. The van der Waals surface area contributed by atoms with Crippen molar-refractivity contribution in [3.05, 3.63) is 206 Å². The molecule has 0 unspecified atom stereocenters. The highest BCUT2D eigenvalue weighted by atomic mass is 32.1. The molecule has 0 fully saturated rings. The molecule has 9 aromatic carbocycles. The molecule has 11 aromatic rings. The summed E-state index contributed by atoms with van der Waals surface area (Å²) in [5, 5.41) is 7.60. The van der Waals surface area contributed by atoms with E-state index in [-0.39, 0.29) is 0 Å². The summed E-state index contributed by atoms with van der Waals surface area (Å²) in [5.41, 5.74) is 11.8. The average Bonchev–Trinajstić information content (AvgIpc) is 3.80. The summed E-state index contributed by atoms with van der Waals surface area (Å²) in [6.07, 6.45) is 0. The third kappa shape index (κ3) is 5.32. The monoisotopic (exact) mass is 718 g/mol. The van der Waals surface area contributed by atoms with Crippen molar-refractivity contribution in [2.45, 2.75) is 0 Å². The Morgan fingerprint density at radius 1 is 0.345 bits per heavy atom. The summed E-state index contributed by atoms with van der Waals surface area (Å²) in [7, 11) is 0. The van der Waals surface area contributed by atoms with Gasteiger partial charge in [-0.05, 0) is 100 Å². The molecule has 0 amide bonds. The minimum absolute atomic E-state index is 1.12. The van der Waals surface area contributed by atoms with Gasteiger partial charge >= 0.3 is 0 Å². The first-order chi connectivity index (χ1) is 27.3. The van der Waals surface area contributed by atoms with Crippen molar-refractivity contribution in [1.82, 2.24) is 4.57 Å². The third-order valence-corrected chi connectivity index (χ3v) is 12.1. The predicted octanol–water partition coefficient (Wildman–Crippen LogP) is 15.1. The number of fused-ring (bicyclic) bond motifs is 7. The maximum absolute atomic E-state index is 2.42. The van der Waals surface area contributed by atoms with E-state index in [0.717, 1.165) is 22.7 Å². The first kappa shape index (κ1) is 31.6. The summed E-state index contributed by atoms with van der Waals surface area (Å²) in [4.78, 5) is 2.36. The number of hydrogen-bond donors (Lipinski definition) is 0. The fraction of sp³-hybridized carbons (Fsp3) is 0. The molecule has 0 bridgehead atoms. The molecule has 0 N–H and O–H groups in total. The number of rotatable bonds is 6. The Hall–Kier alpha value is -6.94. The Morgan fingerprint density at radius 3 is 1.85 bits per heavy atom. The van der Waals surface area contributed by atoms with Crippen molar-refractivity contribution in [3.8, 4) is 27.9 Å². The average molecular weight is 719 g/mol. The van der Waals surface area contributed by atoms with E-state index in [1.165, 1.54) is 75.0 Å². The van der Waals surface area contributed by atoms with Crippen LogP contribution in [0, 0.1) is 0 Å². The van der Waals surface area contributed by atoms with Crippen LogP contribution < -0.4 is 4.90 Å². The highest BCUT2D eigenvalue weighted by Crippen LogP contribution is 2.41. The zero-order valence-corrected chi connectivity index (χ0v) is 30.7. The van der Waals surface area contributed by atoms with Gasteiger partial charge in [0.15, 0.2) is 0 Å². The van der Waals surface area contributed by atoms with Crippen LogP contribution in [0.3, 0.4) is 0 Å². The quantitative estimate of drug-likeness (QED) is 0.166. The van der Waals surface area contributed by atoms with E-state index in [0.29, 0.717) is 0 Å². The Kier molecular flexibility index (Phi) is 7.39. The molecule has 0 aliphatic heterocycles. The number of anilines is 3. The maximum atomic E-state index is 2.42. The molecule has 11 rings (SSSR count). The Balaban J connectivity index is 0.985. The lowest BCUT2D eigenvalue weighted by Crippen LogP contribution is -2.10. The number of nitrogens with zero attached hydrogens (tertiary/aromatic N) is 2. The van der Waals surface area contributed by atoms with Crippen LogP contribution >= 0.6 is 11.3 Å². The molecular formula is C52H34N2S. The number of benzene rings is 9. The number of hydrogen-bond acceptors (Lipinski definition) is 2. The van der Waals surface area contributed by atoms with Gasteiger partial charge in [-0.1, -0.05) is 133 Å². The molecule has 0 saturated carbocycles. The molecule has 55 heavy (non-hydrogen) atoms. The smallest absolute Gasteiger partial charge is 0.0541 e. The van der Waals surface area contributed by atoms with Gasteiger partial charge in [0.25, 0.3) is 0 Å². The van der Waals surface area contributed by atoms with Crippen LogP contribution in [0.2, 0.25) is 0 Å². The normalized spacial score (nSPS) is 11.6. The first-order valence-corrected chi connectivity index (χ1v) is 19.6. The van der Waals surface area contributed by atoms with Gasteiger partial charge < -0.3 is 9.47 Å². The Labute approximate surface area is 323 Å². The lowest BCUT2D eigenvalue weighted by molar-refractivity contribution is 1.18. The minimum atomic E-state index is 1.12. The second-order valence-electron chi connectivity index (χ2n) is 14.2. The molecule has 0 spiro atoms. The van der Waals surface area contributed by atoms with Crippen LogP contribution in [-0.4, -0.2) is 4.57 Å². The van der Waals surface area contributed by atoms with E-state index < -0.39 is 0 Å². The zero-order valence-electron chi connectivity index (χ0n) is 29.9. The fourth-order valence-electron chi connectivity index (χ4n) is 8.37. The predicted molar refractivity (Wildman–Crippen MR) is 237 cm³/mol. The van der Waals surface area contributed by atoms with Crippen molar-refractivity contribution >= 4 is 81.1 Å². The summed E-state index contributed by atoms with van der Waals surface area (Å²) in [5.74, 6) is 0. The van der Waals surface area contributed by atoms with E-state index in [2.05, 4.69) is 216 Å². The summed E-state index contributed by atoms with van der Waals surface area (Å²) >= 11 is 1.87. The van der Waals surface area contributed by atoms with Crippen LogP contribution in [0.25, 0.3) is 80.7 Å². The molecule has 0 aliphatic carbocycles. The van der Waals surface area contributed by atoms with Crippen molar-refractivity contribution in [2.75, 3.05) is 4.90 Å². The van der Waals surface area contributed by atoms with Gasteiger partial charge in [0, 0.05) is 53.4 Å². The summed E-state index contributed by atoms with van der Waals surface area (Å²) < 4.78 is 5.07. The topological polar surface area (TPSA) is 8.17 Å². The van der Waals surface area contributed by atoms with Crippen LogP contribution in [-0.2, 0) is 0 Å². The van der Waals surface area contributed by atoms with Crippen molar-refractivity contribution < 1.29 is 0 Å².